The van der Waals surface area contributed by atoms with Gasteiger partial charge < -0.3 is 0 Å². The summed E-state index contributed by atoms with van der Waals surface area (Å²) in [5.41, 5.74) is 0.435. The molecule has 0 fully saturated rings. The topological polar surface area (TPSA) is 81.8 Å². The van der Waals surface area contributed by atoms with Crippen LogP contribution in [0.25, 0.3) is 10.9 Å². The Morgan fingerprint density at radius 1 is 1.36 bits per heavy atom. The number of nitro benzene ring substituents is 1. The van der Waals surface area contributed by atoms with Crippen LogP contribution in [0.5, 0.6) is 0 Å². The molecule has 70 valence electrons. The summed E-state index contributed by atoms with van der Waals surface area (Å²) in [5.74, 6) is 0. The summed E-state index contributed by atoms with van der Waals surface area (Å²) < 4.78 is 0. The quantitative estimate of drug-likeness (QED) is 0.527. The Balaban J connectivity index is 2.76. The molecule has 2 rings (SSSR count). The van der Waals surface area contributed by atoms with Crippen molar-refractivity contribution in [3.8, 4) is 0 Å². The summed E-state index contributed by atoms with van der Waals surface area (Å²) in [4.78, 5) is 9.96. The van der Waals surface area contributed by atoms with Gasteiger partial charge in [0.05, 0.1) is 10.4 Å². The molecule has 2 aromatic rings. The molecule has 14 heavy (non-hydrogen) atoms. The Morgan fingerprint density at radius 2 is 2.14 bits per heavy atom. The average Bonchev–Trinajstić information content (AvgIpc) is 2.18. The zero-order chi connectivity index (χ0) is 10.1. The van der Waals surface area contributed by atoms with Crippen LogP contribution in [0.4, 0.5) is 5.69 Å². The molecule has 0 bridgehead atoms. The van der Waals surface area contributed by atoms with Crippen LogP contribution in [0.1, 0.15) is 0 Å². The van der Waals surface area contributed by atoms with E-state index in [1.165, 1.54) is 18.2 Å². The van der Waals surface area contributed by atoms with Crippen LogP contribution in [0.15, 0.2) is 18.2 Å². The van der Waals surface area contributed by atoms with Crippen molar-refractivity contribution in [2.24, 2.45) is 0 Å². The lowest BCUT2D eigenvalue weighted by atomic mass is 10.2. The Kier molecular flexibility index (Phi) is 1.97. The molecule has 0 aliphatic rings. The predicted octanol–water partition coefficient (Wildman–Crippen LogP) is 1.59. The summed E-state index contributed by atoms with van der Waals surface area (Å²) >= 11 is 5.70. The van der Waals surface area contributed by atoms with Crippen LogP contribution in [-0.4, -0.2) is 20.3 Å². The fourth-order valence-electron chi connectivity index (χ4n) is 1.05. The molecular weight excluding hydrogens is 208 g/mol. The SMILES string of the molecule is O=[N+]([O-])c1ccc2nnnc(Cl)c2c1. The highest BCUT2D eigenvalue weighted by molar-refractivity contribution is 6.33. The molecule has 0 saturated carbocycles. The Labute approximate surface area is 82.7 Å². The number of hydrogen-bond acceptors (Lipinski definition) is 5. The highest BCUT2D eigenvalue weighted by Crippen LogP contribution is 2.23. The number of benzene rings is 1. The number of nitro groups is 1. The number of aromatic nitrogens is 3. The van der Waals surface area contributed by atoms with Crippen molar-refractivity contribution in [3.05, 3.63) is 33.5 Å². The largest absolute Gasteiger partial charge is 0.270 e. The van der Waals surface area contributed by atoms with Gasteiger partial charge in [-0.2, -0.15) is 0 Å². The molecule has 6 nitrogen and oxygen atoms in total. The molecule has 0 unspecified atom stereocenters. The van der Waals surface area contributed by atoms with Crippen LogP contribution in [0, 0.1) is 10.1 Å². The lowest BCUT2D eigenvalue weighted by molar-refractivity contribution is -0.384. The second-order valence-electron chi connectivity index (χ2n) is 2.54. The van der Waals surface area contributed by atoms with Gasteiger partial charge in [0.2, 0.25) is 0 Å². The second-order valence-corrected chi connectivity index (χ2v) is 2.90. The molecule has 7 heteroatoms. The van der Waals surface area contributed by atoms with Gasteiger partial charge in [-0.15, -0.1) is 10.2 Å². The van der Waals surface area contributed by atoms with E-state index < -0.39 is 4.92 Å². The third kappa shape index (κ3) is 1.35. The van der Waals surface area contributed by atoms with Gasteiger partial charge in [-0.1, -0.05) is 11.6 Å². The van der Waals surface area contributed by atoms with Gasteiger partial charge in [-0.25, -0.2) is 0 Å². The molecule has 0 N–H and O–H groups in total. The summed E-state index contributed by atoms with van der Waals surface area (Å²) in [6.07, 6.45) is 0. The number of non-ortho nitro benzene ring substituents is 1. The molecule has 0 radical (unpaired) electrons. The molecule has 1 heterocycles. The van der Waals surface area contributed by atoms with Crippen molar-refractivity contribution < 1.29 is 4.92 Å². The highest BCUT2D eigenvalue weighted by Gasteiger charge is 2.09. The molecule has 0 aliphatic heterocycles. The number of hydrogen-bond donors (Lipinski definition) is 0. The van der Waals surface area contributed by atoms with Gasteiger partial charge in [0, 0.05) is 17.5 Å². The van der Waals surface area contributed by atoms with Gasteiger partial charge in [0.1, 0.15) is 0 Å². The van der Waals surface area contributed by atoms with E-state index in [1.54, 1.807) is 0 Å². The molecule has 0 spiro atoms. The maximum Gasteiger partial charge on any atom is 0.270 e. The second kappa shape index (κ2) is 3.15. The first-order valence-corrected chi connectivity index (χ1v) is 3.99. The lowest BCUT2D eigenvalue weighted by Gasteiger charge is -1.96. The number of rotatable bonds is 1. The molecule has 0 atom stereocenters. The Morgan fingerprint density at radius 3 is 2.86 bits per heavy atom. The van der Waals surface area contributed by atoms with E-state index in [1.807, 2.05) is 0 Å². The normalized spacial score (nSPS) is 10.4. The van der Waals surface area contributed by atoms with Crippen LogP contribution in [-0.2, 0) is 0 Å². The number of halogens is 1. The average molecular weight is 211 g/mol. The highest BCUT2D eigenvalue weighted by atomic mass is 35.5. The van der Waals surface area contributed by atoms with Crippen molar-refractivity contribution in [2.75, 3.05) is 0 Å². The fraction of sp³-hybridized carbons (Fsp3) is 0. The summed E-state index contributed by atoms with van der Waals surface area (Å²) in [5, 5.41) is 21.5. The van der Waals surface area contributed by atoms with E-state index in [0.717, 1.165) is 0 Å². The van der Waals surface area contributed by atoms with Crippen molar-refractivity contribution in [2.45, 2.75) is 0 Å². The van der Waals surface area contributed by atoms with E-state index in [0.29, 0.717) is 10.9 Å². The third-order valence-electron chi connectivity index (χ3n) is 1.70. The van der Waals surface area contributed by atoms with E-state index in [2.05, 4.69) is 15.4 Å². The van der Waals surface area contributed by atoms with E-state index in [-0.39, 0.29) is 10.8 Å². The number of nitrogens with zero attached hydrogens (tertiary/aromatic N) is 4. The van der Waals surface area contributed by atoms with Crippen molar-refractivity contribution in [3.63, 3.8) is 0 Å². The minimum absolute atomic E-state index is 0.0470. The number of fused-ring (bicyclic) bond motifs is 1. The maximum atomic E-state index is 10.5. The molecule has 0 aliphatic carbocycles. The van der Waals surface area contributed by atoms with E-state index in [4.69, 9.17) is 11.6 Å². The zero-order valence-corrected chi connectivity index (χ0v) is 7.47. The lowest BCUT2D eigenvalue weighted by Crippen LogP contribution is -1.92. The van der Waals surface area contributed by atoms with Crippen LogP contribution in [0.2, 0.25) is 5.15 Å². The zero-order valence-electron chi connectivity index (χ0n) is 6.72. The predicted molar refractivity (Wildman–Crippen MR) is 49.0 cm³/mol. The van der Waals surface area contributed by atoms with Gasteiger partial charge in [0.15, 0.2) is 5.15 Å². The Bertz CT molecular complexity index is 516. The van der Waals surface area contributed by atoms with Crippen molar-refractivity contribution in [1.82, 2.24) is 15.4 Å². The fourth-order valence-corrected chi connectivity index (χ4v) is 1.24. The summed E-state index contributed by atoms with van der Waals surface area (Å²) in [6, 6.07) is 4.14. The van der Waals surface area contributed by atoms with E-state index >= 15 is 0 Å². The Hall–Kier alpha value is -1.82. The molecule has 0 saturated heterocycles. The minimum atomic E-state index is -0.504. The van der Waals surface area contributed by atoms with E-state index in [9.17, 15) is 10.1 Å². The van der Waals surface area contributed by atoms with Crippen molar-refractivity contribution in [1.29, 1.82) is 0 Å². The van der Waals surface area contributed by atoms with Crippen LogP contribution in [0.3, 0.4) is 0 Å². The molecule has 1 aromatic heterocycles. The van der Waals surface area contributed by atoms with Gasteiger partial charge >= 0.3 is 0 Å². The third-order valence-corrected chi connectivity index (χ3v) is 1.98. The first-order valence-electron chi connectivity index (χ1n) is 3.61. The smallest absolute Gasteiger partial charge is 0.258 e. The first kappa shape index (κ1) is 8.76. The first-order chi connectivity index (χ1) is 6.68. The molecule has 0 amide bonds. The summed E-state index contributed by atoms with van der Waals surface area (Å²) in [7, 11) is 0. The maximum absolute atomic E-state index is 10.5. The molecule has 1 aromatic carbocycles. The van der Waals surface area contributed by atoms with Crippen LogP contribution < -0.4 is 0 Å². The molecular formula is C7H3ClN4O2. The minimum Gasteiger partial charge on any atom is -0.258 e. The van der Waals surface area contributed by atoms with Crippen molar-refractivity contribution >= 4 is 28.2 Å². The standard InChI is InChI=1S/C7H3ClN4O2/c8-7-5-3-4(12(13)14)1-2-6(5)9-11-10-7/h1-3H. The van der Waals surface area contributed by atoms with Gasteiger partial charge in [-0.05, 0) is 11.3 Å². The van der Waals surface area contributed by atoms with Gasteiger partial charge in [-0.3, -0.25) is 10.1 Å². The van der Waals surface area contributed by atoms with Gasteiger partial charge in [0.25, 0.3) is 5.69 Å². The summed E-state index contributed by atoms with van der Waals surface area (Å²) in [6.45, 7) is 0. The monoisotopic (exact) mass is 210 g/mol. The van der Waals surface area contributed by atoms with Crippen LogP contribution >= 0.6 is 11.6 Å².